The summed E-state index contributed by atoms with van der Waals surface area (Å²) in [6, 6.07) is 47.1. The number of hydrogen-bond acceptors (Lipinski definition) is 5. The van der Waals surface area contributed by atoms with Gasteiger partial charge in [-0.05, 0) is 79.4 Å². The molecule has 1 aromatic heterocycles. The molecule has 0 radical (unpaired) electrons. The third-order valence-corrected chi connectivity index (χ3v) is 8.15. The van der Waals surface area contributed by atoms with E-state index in [9.17, 15) is 5.26 Å². The molecule has 0 aliphatic rings. The summed E-state index contributed by atoms with van der Waals surface area (Å²) in [5.74, 6) is 2.16. The minimum Gasteiger partial charge on any atom is -0.490 e. The SMILES string of the molecule is CCOc1cc(C(Nc2ccc(C#N)cc2)c2nccn2C(c2ccccc2)(c2ccccc2)c2ccccc2)ccc1OC(C)C. The molecule has 0 aliphatic heterocycles. The van der Waals surface area contributed by atoms with Gasteiger partial charge in [0.25, 0.3) is 0 Å². The zero-order valence-electron chi connectivity index (χ0n) is 26.9. The van der Waals surface area contributed by atoms with Crippen molar-refractivity contribution in [3.8, 4) is 17.6 Å². The van der Waals surface area contributed by atoms with Crippen LogP contribution in [-0.2, 0) is 5.54 Å². The molecular weight excluding hydrogens is 580 g/mol. The summed E-state index contributed by atoms with van der Waals surface area (Å²) in [6.45, 7) is 6.48. The largest absolute Gasteiger partial charge is 0.490 e. The quantitative estimate of drug-likeness (QED) is 0.139. The molecule has 6 heteroatoms. The lowest BCUT2D eigenvalue weighted by Gasteiger charge is -2.39. The number of hydrogen-bond donors (Lipinski definition) is 1. The van der Waals surface area contributed by atoms with E-state index < -0.39 is 11.6 Å². The Morgan fingerprint density at radius 1 is 0.766 bits per heavy atom. The zero-order chi connectivity index (χ0) is 32.6. The first-order chi connectivity index (χ1) is 23.0. The third-order valence-electron chi connectivity index (χ3n) is 8.15. The maximum absolute atomic E-state index is 9.45. The van der Waals surface area contributed by atoms with E-state index in [2.05, 4.69) is 101 Å². The molecular formula is C41H38N4O2. The smallest absolute Gasteiger partial charge is 0.161 e. The number of ether oxygens (including phenoxy) is 2. The number of aromatic nitrogens is 2. The van der Waals surface area contributed by atoms with E-state index in [1.165, 1.54) is 0 Å². The number of nitriles is 1. The van der Waals surface area contributed by atoms with E-state index >= 15 is 0 Å². The van der Waals surface area contributed by atoms with Crippen LogP contribution in [0, 0.1) is 11.3 Å². The molecule has 1 heterocycles. The first kappa shape index (κ1) is 31.2. The van der Waals surface area contributed by atoms with Gasteiger partial charge in [-0.3, -0.25) is 0 Å². The standard InChI is InChI=1S/C41H38N4O2/c1-4-46-38-28-32(22-25-37(38)47-30(2)3)39(44-36-23-20-31(29-42)21-24-36)40-43-26-27-45(40)41(33-14-8-5-9-15-33,34-16-10-6-11-17-34)35-18-12-7-13-19-35/h5-28,30,39,44H,4H2,1-3H3. The number of nitrogens with zero attached hydrogens (tertiary/aromatic N) is 3. The van der Waals surface area contributed by atoms with Crippen molar-refractivity contribution < 1.29 is 9.47 Å². The van der Waals surface area contributed by atoms with E-state index in [-0.39, 0.29) is 6.10 Å². The maximum Gasteiger partial charge on any atom is 0.161 e. The first-order valence-corrected chi connectivity index (χ1v) is 15.9. The topological polar surface area (TPSA) is 72.1 Å². The van der Waals surface area contributed by atoms with Crippen molar-refractivity contribution in [3.05, 3.63) is 179 Å². The number of rotatable bonds is 12. The summed E-state index contributed by atoms with van der Waals surface area (Å²) < 4.78 is 14.5. The highest BCUT2D eigenvalue weighted by molar-refractivity contribution is 5.55. The summed E-state index contributed by atoms with van der Waals surface area (Å²) in [6.07, 6.45) is 3.93. The molecule has 0 fully saturated rings. The van der Waals surface area contributed by atoms with Crippen LogP contribution in [0.2, 0.25) is 0 Å². The van der Waals surface area contributed by atoms with E-state index in [0.29, 0.717) is 23.7 Å². The van der Waals surface area contributed by atoms with Crippen LogP contribution in [0.15, 0.2) is 146 Å². The Bertz CT molecular complexity index is 1830. The van der Waals surface area contributed by atoms with E-state index in [1.54, 1.807) is 0 Å². The molecule has 1 unspecified atom stereocenters. The Morgan fingerprint density at radius 3 is 1.85 bits per heavy atom. The fourth-order valence-electron chi connectivity index (χ4n) is 6.20. The predicted molar refractivity (Wildman–Crippen MR) is 187 cm³/mol. The number of benzene rings is 5. The minimum atomic E-state index is -0.760. The summed E-state index contributed by atoms with van der Waals surface area (Å²) in [5, 5.41) is 13.2. The molecule has 0 saturated carbocycles. The van der Waals surface area contributed by atoms with E-state index in [4.69, 9.17) is 14.5 Å². The number of imidazole rings is 1. The molecule has 0 saturated heterocycles. The van der Waals surface area contributed by atoms with Crippen molar-refractivity contribution in [3.63, 3.8) is 0 Å². The monoisotopic (exact) mass is 618 g/mol. The van der Waals surface area contributed by atoms with Gasteiger partial charge in [0.2, 0.25) is 0 Å². The highest BCUT2D eigenvalue weighted by Crippen LogP contribution is 2.44. The molecule has 1 N–H and O–H groups in total. The van der Waals surface area contributed by atoms with E-state index in [1.807, 2.05) is 81.6 Å². The second kappa shape index (κ2) is 14.1. The molecule has 234 valence electrons. The second-order valence-electron chi connectivity index (χ2n) is 11.5. The Balaban J connectivity index is 1.62. The lowest BCUT2D eigenvalue weighted by Crippen LogP contribution is -2.39. The van der Waals surface area contributed by atoms with Crippen LogP contribution in [-0.4, -0.2) is 22.3 Å². The number of nitrogens with one attached hydrogen (secondary N) is 1. The van der Waals surface area contributed by atoms with Gasteiger partial charge < -0.3 is 19.4 Å². The number of anilines is 1. The fourth-order valence-corrected chi connectivity index (χ4v) is 6.20. The third kappa shape index (κ3) is 6.34. The summed E-state index contributed by atoms with van der Waals surface area (Å²) in [4.78, 5) is 5.09. The van der Waals surface area contributed by atoms with Gasteiger partial charge in [-0.25, -0.2) is 4.98 Å². The molecule has 0 bridgehead atoms. The summed E-state index contributed by atoms with van der Waals surface area (Å²) in [5.41, 5.74) is 4.94. The lowest BCUT2D eigenvalue weighted by molar-refractivity contribution is 0.223. The Hall–Kier alpha value is -5.80. The first-order valence-electron chi connectivity index (χ1n) is 15.9. The summed E-state index contributed by atoms with van der Waals surface area (Å²) >= 11 is 0. The average Bonchev–Trinajstić information content (AvgIpc) is 3.60. The van der Waals surface area contributed by atoms with Crippen molar-refractivity contribution in [2.75, 3.05) is 11.9 Å². The van der Waals surface area contributed by atoms with Gasteiger partial charge in [0.1, 0.15) is 17.4 Å². The average molecular weight is 619 g/mol. The van der Waals surface area contributed by atoms with Crippen LogP contribution in [0.5, 0.6) is 11.5 Å². The van der Waals surface area contributed by atoms with Crippen LogP contribution in [0.4, 0.5) is 5.69 Å². The van der Waals surface area contributed by atoms with E-state index in [0.717, 1.165) is 33.8 Å². The van der Waals surface area contributed by atoms with Crippen LogP contribution >= 0.6 is 0 Å². The molecule has 6 rings (SSSR count). The highest BCUT2D eigenvalue weighted by atomic mass is 16.5. The molecule has 5 aromatic carbocycles. The Labute approximate surface area is 276 Å². The Kier molecular flexibility index (Phi) is 9.36. The highest BCUT2D eigenvalue weighted by Gasteiger charge is 2.41. The van der Waals surface area contributed by atoms with Gasteiger partial charge in [0.15, 0.2) is 11.5 Å². The zero-order valence-corrected chi connectivity index (χ0v) is 26.9. The van der Waals surface area contributed by atoms with Crippen LogP contribution in [0.1, 0.15) is 60.5 Å². The van der Waals surface area contributed by atoms with Crippen molar-refractivity contribution in [2.24, 2.45) is 0 Å². The lowest BCUT2D eigenvalue weighted by atomic mass is 9.76. The molecule has 47 heavy (non-hydrogen) atoms. The predicted octanol–water partition coefficient (Wildman–Crippen LogP) is 8.98. The molecule has 1 atom stereocenters. The minimum absolute atomic E-state index is 0.00485. The van der Waals surface area contributed by atoms with Gasteiger partial charge in [-0.2, -0.15) is 5.26 Å². The molecule has 6 nitrogen and oxygen atoms in total. The summed E-state index contributed by atoms with van der Waals surface area (Å²) in [7, 11) is 0. The van der Waals surface area contributed by atoms with Crippen LogP contribution in [0.3, 0.4) is 0 Å². The molecule has 6 aromatic rings. The van der Waals surface area contributed by atoms with Crippen molar-refractivity contribution in [1.29, 1.82) is 5.26 Å². The fraction of sp³-hybridized carbons (Fsp3) is 0.171. The van der Waals surface area contributed by atoms with Gasteiger partial charge in [0, 0.05) is 18.1 Å². The van der Waals surface area contributed by atoms with Crippen LogP contribution < -0.4 is 14.8 Å². The van der Waals surface area contributed by atoms with Crippen molar-refractivity contribution in [1.82, 2.24) is 9.55 Å². The van der Waals surface area contributed by atoms with Gasteiger partial charge in [0.05, 0.1) is 24.3 Å². The second-order valence-corrected chi connectivity index (χ2v) is 11.5. The normalized spacial score (nSPS) is 11.9. The van der Waals surface area contributed by atoms with Gasteiger partial charge in [-0.1, -0.05) is 97.1 Å². The van der Waals surface area contributed by atoms with Gasteiger partial charge in [-0.15, -0.1) is 0 Å². The maximum atomic E-state index is 9.45. The molecule has 0 aliphatic carbocycles. The van der Waals surface area contributed by atoms with Gasteiger partial charge >= 0.3 is 0 Å². The van der Waals surface area contributed by atoms with Crippen molar-refractivity contribution >= 4 is 5.69 Å². The Morgan fingerprint density at radius 2 is 1.34 bits per heavy atom. The molecule has 0 amide bonds. The van der Waals surface area contributed by atoms with Crippen LogP contribution in [0.25, 0.3) is 0 Å². The van der Waals surface area contributed by atoms with Crippen molar-refractivity contribution in [2.45, 2.75) is 38.5 Å². The molecule has 0 spiro atoms.